The van der Waals surface area contributed by atoms with Gasteiger partial charge in [-0.1, -0.05) is 26.8 Å². The zero-order valence-electron chi connectivity index (χ0n) is 19.5. The molecule has 0 saturated carbocycles. The van der Waals surface area contributed by atoms with E-state index in [0.717, 1.165) is 46.1 Å². The van der Waals surface area contributed by atoms with Crippen molar-refractivity contribution in [2.45, 2.75) is 33.5 Å². The molecule has 0 radical (unpaired) electrons. The first kappa shape index (κ1) is 21.8. The number of nitrogens with zero attached hydrogens (tertiary/aromatic N) is 4. The van der Waals surface area contributed by atoms with E-state index in [2.05, 4.69) is 41.5 Å². The van der Waals surface area contributed by atoms with Gasteiger partial charge in [-0.25, -0.2) is 9.98 Å². The van der Waals surface area contributed by atoms with Crippen LogP contribution < -0.4 is 21.1 Å². The van der Waals surface area contributed by atoms with Crippen LogP contribution in [0.4, 0.5) is 11.5 Å². The summed E-state index contributed by atoms with van der Waals surface area (Å²) in [7, 11) is 3.54. The molecule has 8 nitrogen and oxygen atoms in total. The number of anilines is 2. The highest BCUT2D eigenvalue weighted by molar-refractivity contribution is 5.94. The number of aromatic nitrogens is 3. The van der Waals surface area contributed by atoms with Gasteiger partial charge in [0.2, 0.25) is 5.79 Å². The molecule has 3 aromatic rings. The van der Waals surface area contributed by atoms with Crippen LogP contribution in [0, 0.1) is 12.3 Å². The molecule has 32 heavy (non-hydrogen) atoms. The van der Waals surface area contributed by atoms with Crippen LogP contribution in [0.2, 0.25) is 0 Å². The molecule has 0 bridgehead atoms. The molecule has 0 amide bonds. The van der Waals surface area contributed by atoms with E-state index in [0.29, 0.717) is 5.75 Å². The van der Waals surface area contributed by atoms with Crippen LogP contribution >= 0.6 is 0 Å². The summed E-state index contributed by atoms with van der Waals surface area (Å²) < 4.78 is 7.54. The van der Waals surface area contributed by atoms with Crippen molar-refractivity contribution >= 4 is 17.7 Å². The topological polar surface area (TPSA) is 102 Å². The molecule has 2 aromatic heterocycles. The number of nitrogens with two attached hydrogens (primary N) is 1. The van der Waals surface area contributed by atoms with Crippen molar-refractivity contribution in [1.29, 1.82) is 0 Å². The van der Waals surface area contributed by atoms with Crippen molar-refractivity contribution in [1.82, 2.24) is 14.8 Å². The number of aryl methyl sites for hydroxylation is 2. The molecular weight excluding hydrogens is 402 g/mol. The van der Waals surface area contributed by atoms with Crippen molar-refractivity contribution in [3.8, 4) is 17.0 Å². The molecule has 8 heteroatoms. The molecule has 1 aliphatic heterocycles. The molecule has 168 valence electrons. The van der Waals surface area contributed by atoms with Gasteiger partial charge in [-0.2, -0.15) is 5.10 Å². The molecule has 1 aromatic carbocycles. The third-order valence-corrected chi connectivity index (χ3v) is 5.42. The van der Waals surface area contributed by atoms with E-state index in [9.17, 15) is 0 Å². The summed E-state index contributed by atoms with van der Waals surface area (Å²) in [5.41, 5.74) is 12.3. The zero-order chi connectivity index (χ0) is 23.1. The van der Waals surface area contributed by atoms with Crippen molar-refractivity contribution < 1.29 is 4.74 Å². The minimum Gasteiger partial charge on any atom is -0.496 e. The quantitative estimate of drug-likeness (QED) is 0.564. The van der Waals surface area contributed by atoms with Gasteiger partial charge >= 0.3 is 0 Å². The van der Waals surface area contributed by atoms with Crippen LogP contribution in [0.5, 0.6) is 5.75 Å². The van der Waals surface area contributed by atoms with Crippen molar-refractivity contribution in [2.24, 2.45) is 23.2 Å². The molecular formula is C24H31N7O. The molecule has 0 aliphatic carbocycles. The molecule has 0 fully saturated rings. The predicted molar refractivity (Wildman–Crippen MR) is 129 cm³/mol. The first-order valence-corrected chi connectivity index (χ1v) is 10.6. The van der Waals surface area contributed by atoms with Crippen LogP contribution in [0.25, 0.3) is 11.3 Å². The number of benzene rings is 1. The second kappa shape index (κ2) is 7.94. The third kappa shape index (κ3) is 4.18. The van der Waals surface area contributed by atoms with Gasteiger partial charge < -0.3 is 15.4 Å². The summed E-state index contributed by atoms with van der Waals surface area (Å²) >= 11 is 0. The summed E-state index contributed by atoms with van der Waals surface area (Å²) in [6.45, 7) is 9.28. The number of pyridine rings is 1. The van der Waals surface area contributed by atoms with Crippen LogP contribution in [0.3, 0.4) is 0 Å². The summed E-state index contributed by atoms with van der Waals surface area (Å²) in [5.74, 6) is 0.211. The van der Waals surface area contributed by atoms with Gasteiger partial charge in [0.25, 0.3) is 0 Å². The predicted octanol–water partition coefficient (Wildman–Crippen LogP) is 3.87. The van der Waals surface area contributed by atoms with Gasteiger partial charge in [-0.15, -0.1) is 0 Å². The van der Waals surface area contributed by atoms with Gasteiger partial charge in [0.1, 0.15) is 5.75 Å². The Morgan fingerprint density at radius 2 is 2.00 bits per heavy atom. The molecule has 1 unspecified atom stereocenters. The second-order valence-electron chi connectivity index (χ2n) is 9.40. The average Bonchev–Trinajstić information content (AvgIpc) is 3.17. The van der Waals surface area contributed by atoms with Gasteiger partial charge in [0.05, 0.1) is 24.1 Å². The van der Waals surface area contributed by atoms with E-state index in [1.165, 1.54) is 0 Å². The zero-order valence-corrected chi connectivity index (χ0v) is 19.5. The maximum atomic E-state index is 6.80. The number of rotatable bonds is 5. The van der Waals surface area contributed by atoms with Crippen LogP contribution in [-0.2, 0) is 12.8 Å². The lowest BCUT2D eigenvalue weighted by Gasteiger charge is -2.34. The van der Waals surface area contributed by atoms with Gasteiger partial charge in [0.15, 0.2) is 5.82 Å². The number of aliphatic imine (C=N–C) groups is 1. The summed E-state index contributed by atoms with van der Waals surface area (Å²) in [6.07, 6.45) is 3.57. The molecule has 4 rings (SSSR count). The SMILES string of the molecule is COc1cc(-c2ccnn2C)ccc1C1(N)N=Cc2cc(C)nc(NCC(C)(C)C)c2N1. The Kier molecular flexibility index (Phi) is 5.42. The number of nitrogens with one attached hydrogen (secondary N) is 2. The van der Waals surface area contributed by atoms with E-state index >= 15 is 0 Å². The van der Waals surface area contributed by atoms with E-state index in [1.807, 2.05) is 49.0 Å². The lowest BCUT2D eigenvalue weighted by Crippen LogP contribution is -2.45. The van der Waals surface area contributed by atoms with Crippen LogP contribution in [-0.4, -0.2) is 34.6 Å². The number of methoxy groups -OCH3 is 1. The second-order valence-corrected chi connectivity index (χ2v) is 9.40. The lowest BCUT2D eigenvalue weighted by molar-refractivity contribution is 0.393. The number of fused-ring (bicyclic) bond motifs is 1. The number of ether oxygens (including phenoxy) is 1. The number of hydrogen-bond donors (Lipinski definition) is 3. The maximum absolute atomic E-state index is 6.80. The Balaban J connectivity index is 1.73. The first-order valence-electron chi connectivity index (χ1n) is 10.6. The van der Waals surface area contributed by atoms with E-state index < -0.39 is 5.79 Å². The third-order valence-electron chi connectivity index (χ3n) is 5.42. The van der Waals surface area contributed by atoms with Crippen LogP contribution in [0.1, 0.15) is 37.6 Å². The van der Waals surface area contributed by atoms with Crippen molar-refractivity contribution in [3.05, 3.63) is 53.3 Å². The normalized spacial score (nSPS) is 17.6. The van der Waals surface area contributed by atoms with E-state index in [-0.39, 0.29) is 5.41 Å². The fourth-order valence-electron chi connectivity index (χ4n) is 3.76. The minimum absolute atomic E-state index is 0.103. The van der Waals surface area contributed by atoms with Crippen LogP contribution in [0.15, 0.2) is 41.5 Å². The Hall–Kier alpha value is -3.39. The summed E-state index contributed by atoms with van der Waals surface area (Å²) in [5, 5.41) is 11.1. The average molecular weight is 434 g/mol. The fourth-order valence-corrected chi connectivity index (χ4v) is 3.76. The molecule has 0 saturated heterocycles. The highest BCUT2D eigenvalue weighted by Crippen LogP contribution is 2.39. The Labute approximate surface area is 188 Å². The smallest absolute Gasteiger partial charge is 0.212 e. The van der Waals surface area contributed by atoms with Gasteiger partial charge in [0, 0.05) is 42.8 Å². The first-order chi connectivity index (χ1) is 15.1. The molecule has 0 spiro atoms. The highest BCUT2D eigenvalue weighted by Gasteiger charge is 2.34. The Morgan fingerprint density at radius 1 is 1.22 bits per heavy atom. The molecule has 4 N–H and O–H groups in total. The fraction of sp³-hybridized carbons (Fsp3) is 0.375. The van der Waals surface area contributed by atoms with Crippen molar-refractivity contribution in [3.63, 3.8) is 0 Å². The Bertz CT molecular complexity index is 1180. The number of hydrogen-bond acceptors (Lipinski definition) is 7. The summed E-state index contributed by atoms with van der Waals surface area (Å²) in [6, 6.07) is 9.86. The lowest BCUT2D eigenvalue weighted by atomic mass is 9.97. The minimum atomic E-state index is -1.20. The van der Waals surface area contributed by atoms with Gasteiger partial charge in [-0.05, 0) is 36.6 Å². The van der Waals surface area contributed by atoms with E-state index in [4.69, 9.17) is 15.5 Å². The maximum Gasteiger partial charge on any atom is 0.212 e. The Morgan fingerprint density at radius 3 is 2.66 bits per heavy atom. The van der Waals surface area contributed by atoms with E-state index in [1.54, 1.807) is 19.5 Å². The largest absolute Gasteiger partial charge is 0.496 e. The monoisotopic (exact) mass is 433 g/mol. The van der Waals surface area contributed by atoms with Crippen molar-refractivity contribution in [2.75, 3.05) is 24.3 Å². The standard InChI is InChI=1S/C24H31N7O/c1-15-11-17-13-27-24(25,30-21(17)22(29-15)26-14-23(2,3)4)18-8-7-16(12-20(18)32-6)19-9-10-28-31(19)5/h7-13,30H,14,25H2,1-6H3,(H,26,29). The summed E-state index contributed by atoms with van der Waals surface area (Å²) in [4.78, 5) is 9.39. The highest BCUT2D eigenvalue weighted by atomic mass is 16.5. The molecule has 1 atom stereocenters. The molecule has 3 heterocycles. The van der Waals surface area contributed by atoms with Gasteiger partial charge in [-0.3, -0.25) is 10.4 Å². The molecule has 1 aliphatic rings.